The van der Waals surface area contributed by atoms with Gasteiger partial charge in [-0.15, -0.1) is 0 Å². The number of methoxy groups -OCH3 is 1. The van der Waals surface area contributed by atoms with Gasteiger partial charge in [0.25, 0.3) is 0 Å². The number of sulfone groups is 1. The quantitative estimate of drug-likeness (QED) is 0.756. The maximum Gasteiger partial charge on any atom is 0.162 e. The van der Waals surface area contributed by atoms with Gasteiger partial charge in [-0.1, -0.05) is 0 Å². The molecule has 16 heavy (non-hydrogen) atoms. The Balaban J connectivity index is 2.48. The number of ether oxygens (including phenoxy) is 1. The van der Waals surface area contributed by atoms with Crippen LogP contribution in [-0.4, -0.2) is 41.9 Å². The first kappa shape index (κ1) is 11.4. The normalized spacial score (nSPS) is 28.2. The predicted molar refractivity (Wildman–Crippen MR) is 56.9 cm³/mol. The van der Waals surface area contributed by atoms with Crippen molar-refractivity contribution >= 4 is 9.84 Å². The average Bonchev–Trinajstić information content (AvgIpc) is 2.68. The van der Waals surface area contributed by atoms with Crippen LogP contribution in [-0.2, 0) is 22.5 Å². The van der Waals surface area contributed by atoms with Crippen molar-refractivity contribution in [3.8, 4) is 5.75 Å². The third-order valence-corrected chi connectivity index (χ3v) is 4.59. The smallest absolute Gasteiger partial charge is 0.162 e. The van der Waals surface area contributed by atoms with Gasteiger partial charge in [-0.05, 0) is 6.42 Å². The molecule has 0 radical (unpaired) electrons. The first-order valence-corrected chi connectivity index (χ1v) is 6.69. The average molecular weight is 246 g/mol. The van der Waals surface area contributed by atoms with Crippen LogP contribution in [0.5, 0.6) is 5.75 Å². The maximum absolute atomic E-state index is 11.4. The van der Waals surface area contributed by atoms with Gasteiger partial charge in [0, 0.05) is 7.05 Å². The minimum atomic E-state index is -3.17. The number of rotatable bonds is 2. The van der Waals surface area contributed by atoms with E-state index in [2.05, 4.69) is 5.10 Å². The molecular weight excluding hydrogens is 232 g/mol. The van der Waals surface area contributed by atoms with Gasteiger partial charge >= 0.3 is 0 Å². The Morgan fingerprint density at radius 1 is 1.62 bits per heavy atom. The largest absolute Gasteiger partial charge is 0.493 e. The molecule has 1 fully saturated rings. The fraction of sp³-hybridized carbons (Fsp3) is 0.667. The van der Waals surface area contributed by atoms with E-state index in [1.165, 1.54) is 18.0 Å². The van der Waals surface area contributed by atoms with Crippen molar-refractivity contribution < 1.29 is 18.3 Å². The highest BCUT2D eigenvalue weighted by atomic mass is 32.2. The molecule has 1 unspecified atom stereocenters. The summed E-state index contributed by atoms with van der Waals surface area (Å²) in [5.41, 5.74) is -0.953. The molecule has 1 aromatic rings. The predicted octanol–water partition coefficient (Wildman–Crippen LogP) is -0.565. The molecule has 90 valence electrons. The van der Waals surface area contributed by atoms with E-state index in [-0.39, 0.29) is 17.9 Å². The van der Waals surface area contributed by atoms with E-state index in [9.17, 15) is 13.5 Å². The Morgan fingerprint density at radius 2 is 2.31 bits per heavy atom. The number of aliphatic hydroxyl groups is 1. The standard InChI is InChI=1S/C9H14N2O4S/c1-11-8(7(15-2)5-10-11)9(12)3-4-16(13,14)6-9/h5,12H,3-4,6H2,1-2H3. The number of nitrogens with zero attached hydrogens (tertiary/aromatic N) is 2. The summed E-state index contributed by atoms with van der Waals surface area (Å²) in [6.07, 6.45) is 1.66. The van der Waals surface area contributed by atoms with Crippen molar-refractivity contribution in [2.45, 2.75) is 12.0 Å². The van der Waals surface area contributed by atoms with Crippen molar-refractivity contribution in [3.63, 3.8) is 0 Å². The molecule has 0 aliphatic carbocycles. The topological polar surface area (TPSA) is 81.4 Å². The van der Waals surface area contributed by atoms with Gasteiger partial charge in [-0.25, -0.2) is 8.42 Å². The van der Waals surface area contributed by atoms with Crippen molar-refractivity contribution in [1.29, 1.82) is 0 Å². The van der Waals surface area contributed by atoms with Crippen LogP contribution in [0.15, 0.2) is 6.20 Å². The van der Waals surface area contributed by atoms with Gasteiger partial charge in [-0.3, -0.25) is 4.68 Å². The van der Waals surface area contributed by atoms with Crippen LogP contribution < -0.4 is 4.74 Å². The van der Waals surface area contributed by atoms with E-state index in [1.54, 1.807) is 7.05 Å². The Bertz CT molecular complexity index is 508. The molecule has 2 rings (SSSR count). The SMILES string of the molecule is COc1cnn(C)c1C1(O)CCS(=O)(=O)C1. The van der Waals surface area contributed by atoms with E-state index in [0.717, 1.165) is 0 Å². The fourth-order valence-electron chi connectivity index (χ4n) is 2.12. The number of aromatic nitrogens is 2. The monoisotopic (exact) mass is 246 g/mol. The van der Waals surface area contributed by atoms with E-state index in [1.807, 2.05) is 0 Å². The number of hydrogen-bond donors (Lipinski definition) is 1. The third-order valence-electron chi connectivity index (χ3n) is 2.85. The van der Waals surface area contributed by atoms with Crippen LogP contribution in [0, 0.1) is 0 Å². The van der Waals surface area contributed by atoms with E-state index in [0.29, 0.717) is 11.4 Å². The zero-order valence-electron chi connectivity index (χ0n) is 9.17. The van der Waals surface area contributed by atoms with Crippen LogP contribution in [0.25, 0.3) is 0 Å². The molecule has 6 nitrogen and oxygen atoms in total. The van der Waals surface area contributed by atoms with E-state index in [4.69, 9.17) is 4.74 Å². The Labute approximate surface area is 93.8 Å². The second kappa shape index (κ2) is 3.46. The lowest BCUT2D eigenvalue weighted by Gasteiger charge is -2.21. The van der Waals surface area contributed by atoms with Crippen molar-refractivity contribution in [2.24, 2.45) is 7.05 Å². The fourth-order valence-corrected chi connectivity index (χ4v) is 3.92. The maximum atomic E-state index is 11.4. The van der Waals surface area contributed by atoms with Crippen LogP contribution >= 0.6 is 0 Å². The molecule has 1 N–H and O–H groups in total. The van der Waals surface area contributed by atoms with Gasteiger partial charge in [0.15, 0.2) is 15.6 Å². The van der Waals surface area contributed by atoms with Crippen molar-refractivity contribution in [1.82, 2.24) is 9.78 Å². The highest BCUT2D eigenvalue weighted by Crippen LogP contribution is 2.37. The van der Waals surface area contributed by atoms with Crippen molar-refractivity contribution in [3.05, 3.63) is 11.9 Å². The van der Waals surface area contributed by atoms with Gasteiger partial charge in [0.05, 0.1) is 24.8 Å². The summed E-state index contributed by atoms with van der Waals surface area (Å²) >= 11 is 0. The van der Waals surface area contributed by atoms with Gasteiger partial charge in [-0.2, -0.15) is 5.10 Å². The number of hydrogen-bond acceptors (Lipinski definition) is 5. The highest BCUT2D eigenvalue weighted by Gasteiger charge is 2.45. The molecule has 1 aliphatic rings. The molecule has 7 heteroatoms. The Hall–Kier alpha value is -1.08. The van der Waals surface area contributed by atoms with Gasteiger partial charge in [0.1, 0.15) is 11.3 Å². The van der Waals surface area contributed by atoms with Crippen LogP contribution in [0.4, 0.5) is 0 Å². The summed E-state index contributed by atoms with van der Waals surface area (Å²) in [7, 11) is -0.0492. The first-order chi connectivity index (χ1) is 7.38. The molecule has 0 saturated carbocycles. The second-order valence-corrected chi connectivity index (χ2v) is 6.24. The van der Waals surface area contributed by atoms with Gasteiger partial charge in [0.2, 0.25) is 0 Å². The molecule has 0 bridgehead atoms. The molecule has 1 atom stereocenters. The Morgan fingerprint density at radius 3 is 2.81 bits per heavy atom. The summed E-state index contributed by atoms with van der Waals surface area (Å²) in [5.74, 6) is 0.148. The van der Waals surface area contributed by atoms with Crippen LogP contribution in [0.1, 0.15) is 12.1 Å². The van der Waals surface area contributed by atoms with Crippen molar-refractivity contribution in [2.75, 3.05) is 18.6 Å². The zero-order chi connectivity index (χ0) is 12.0. The third kappa shape index (κ3) is 1.69. The summed E-state index contributed by atoms with van der Waals surface area (Å²) in [5, 5.41) is 14.3. The molecule has 0 amide bonds. The molecule has 1 aromatic heterocycles. The minimum Gasteiger partial charge on any atom is -0.493 e. The summed E-state index contributed by atoms with van der Waals surface area (Å²) in [4.78, 5) is 0. The lowest BCUT2D eigenvalue weighted by molar-refractivity contribution is 0.0538. The summed E-state index contributed by atoms with van der Waals surface area (Å²) in [6, 6.07) is 0. The minimum absolute atomic E-state index is 0.00215. The van der Waals surface area contributed by atoms with E-state index < -0.39 is 15.4 Å². The molecule has 1 aliphatic heterocycles. The molecule has 1 saturated heterocycles. The summed E-state index contributed by atoms with van der Waals surface area (Å²) in [6.45, 7) is 0. The molecule has 2 heterocycles. The van der Waals surface area contributed by atoms with Gasteiger partial charge < -0.3 is 9.84 Å². The van der Waals surface area contributed by atoms with E-state index >= 15 is 0 Å². The summed E-state index contributed by atoms with van der Waals surface area (Å²) < 4.78 is 29.4. The number of aryl methyl sites for hydroxylation is 1. The second-order valence-electron chi connectivity index (χ2n) is 4.06. The first-order valence-electron chi connectivity index (χ1n) is 4.87. The molecule has 0 spiro atoms. The molecule has 0 aromatic carbocycles. The van der Waals surface area contributed by atoms with Crippen LogP contribution in [0.2, 0.25) is 0 Å². The molecular formula is C9H14N2O4S. The Kier molecular flexibility index (Phi) is 2.47. The van der Waals surface area contributed by atoms with Crippen LogP contribution in [0.3, 0.4) is 0 Å². The highest BCUT2D eigenvalue weighted by molar-refractivity contribution is 7.91. The zero-order valence-corrected chi connectivity index (χ0v) is 9.99. The lowest BCUT2D eigenvalue weighted by Crippen LogP contribution is -2.30. The lowest BCUT2D eigenvalue weighted by atomic mass is 9.98.